The van der Waals surface area contributed by atoms with Crippen LogP contribution in [0.25, 0.3) is 11.1 Å². The van der Waals surface area contributed by atoms with Crippen LogP contribution in [-0.2, 0) is 6.54 Å². The molecule has 1 saturated heterocycles. The first kappa shape index (κ1) is 17.5. The van der Waals surface area contributed by atoms with Crippen LogP contribution in [0.15, 0.2) is 59.6 Å². The molecule has 4 rings (SSSR count). The smallest absolute Gasteiger partial charge is 0.104 e. The number of benzene rings is 1. The molecule has 6 heteroatoms. The van der Waals surface area contributed by atoms with Gasteiger partial charge in [-0.05, 0) is 37.2 Å². The molecule has 0 aliphatic carbocycles. The predicted molar refractivity (Wildman–Crippen MR) is 110 cm³/mol. The first-order chi connectivity index (χ1) is 13.0. The van der Waals surface area contributed by atoms with Gasteiger partial charge in [0.2, 0.25) is 0 Å². The number of nitrogens with one attached hydrogen (secondary N) is 1. The molecule has 0 saturated carbocycles. The van der Waals surface area contributed by atoms with E-state index in [1.165, 1.54) is 0 Å². The van der Waals surface area contributed by atoms with Gasteiger partial charge in [-0.2, -0.15) is 5.10 Å². The van der Waals surface area contributed by atoms with Crippen LogP contribution in [0.5, 0.6) is 0 Å². The summed E-state index contributed by atoms with van der Waals surface area (Å²) in [6.45, 7) is 9.47. The molecule has 1 aromatic carbocycles. The van der Waals surface area contributed by atoms with Crippen LogP contribution < -0.4 is 11.1 Å². The summed E-state index contributed by atoms with van der Waals surface area (Å²) in [5.41, 5.74) is 11.8. The summed E-state index contributed by atoms with van der Waals surface area (Å²) in [5.74, 6) is 1.33. The van der Waals surface area contributed by atoms with Crippen molar-refractivity contribution in [3.8, 4) is 11.1 Å². The summed E-state index contributed by atoms with van der Waals surface area (Å²) in [5, 5.41) is 7.93. The maximum atomic E-state index is 5.76. The van der Waals surface area contributed by atoms with E-state index in [0.29, 0.717) is 18.2 Å². The Balaban J connectivity index is 1.49. The topological polar surface area (TPSA) is 71.5 Å². The second-order valence-corrected chi connectivity index (χ2v) is 7.57. The Bertz CT molecular complexity index is 930. The van der Waals surface area contributed by atoms with Crippen molar-refractivity contribution in [2.45, 2.75) is 19.9 Å². The lowest BCUT2D eigenvalue weighted by atomic mass is 10.0. The Hall–Kier alpha value is -2.86. The summed E-state index contributed by atoms with van der Waals surface area (Å²) in [6, 6.07) is 6.39. The molecule has 27 heavy (non-hydrogen) atoms. The second-order valence-electron chi connectivity index (χ2n) is 7.57. The van der Waals surface area contributed by atoms with Gasteiger partial charge in [-0.25, -0.2) is 4.99 Å². The fraction of sp³-hybridized carbons (Fsp3) is 0.333. The van der Waals surface area contributed by atoms with Crippen LogP contribution in [0.1, 0.15) is 12.0 Å². The Labute approximate surface area is 160 Å². The number of aryl methyl sites for hydroxylation is 1. The Morgan fingerprint density at radius 1 is 1.33 bits per heavy atom. The van der Waals surface area contributed by atoms with Gasteiger partial charge in [0.15, 0.2) is 0 Å². The highest BCUT2D eigenvalue weighted by molar-refractivity contribution is 5.86. The van der Waals surface area contributed by atoms with Crippen LogP contribution in [0.2, 0.25) is 0 Å². The minimum absolute atomic E-state index is 0.628. The van der Waals surface area contributed by atoms with Gasteiger partial charge in [-0.15, -0.1) is 0 Å². The number of hydrogen-bond donors (Lipinski definition) is 2. The molecule has 140 valence electrons. The van der Waals surface area contributed by atoms with Crippen LogP contribution >= 0.6 is 0 Å². The molecule has 3 N–H and O–H groups in total. The van der Waals surface area contributed by atoms with Crippen LogP contribution in [0.4, 0.5) is 5.69 Å². The van der Waals surface area contributed by atoms with Gasteiger partial charge in [-0.3, -0.25) is 4.68 Å². The van der Waals surface area contributed by atoms with E-state index in [4.69, 9.17) is 5.73 Å². The molecular weight excluding hydrogens is 336 g/mol. The Morgan fingerprint density at radius 2 is 2.15 bits per heavy atom. The third-order valence-corrected chi connectivity index (χ3v) is 5.15. The maximum Gasteiger partial charge on any atom is 0.104 e. The number of nitrogens with two attached hydrogens (primary N) is 1. The van der Waals surface area contributed by atoms with Gasteiger partial charge in [0, 0.05) is 49.4 Å². The highest BCUT2D eigenvalue weighted by Gasteiger charge is 2.23. The first-order valence-electron chi connectivity index (χ1n) is 9.29. The second kappa shape index (κ2) is 7.04. The summed E-state index contributed by atoms with van der Waals surface area (Å²) >= 11 is 0. The van der Waals surface area contributed by atoms with E-state index in [1.54, 1.807) is 0 Å². The maximum absolute atomic E-state index is 5.76. The van der Waals surface area contributed by atoms with Gasteiger partial charge in [-0.1, -0.05) is 18.7 Å². The van der Waals surface area contributed by atoms with Gasteiger partial charge in [0.25, 0.3) is 0 Å². The first-order valence-corrected chi connectivity index (χ1v) is 9.29. The van der Waals surface area contributed by atoms with Gasteiger partial charge >= 0.3 is 0 Å². The van der Waals surface area contributed by atoms with Crippen molar-refractivity contribution in [2.24, 2.45) is 16.6 Å². The van der Waals surface area contributed by atoms with Crippen molar-refractivity contribution in [3.63, 3.8) is 0 Å². The number of aliphatic imine (C=N–C) groups is 1. The quantitative estimate of drug-likeness (QED) is 0.829. The molecule has 2 aliphatic rings. The molecular formula is C21H26N6. The number of likely N-dealkylation sites (tertiary alicyclic amines) is 1. The van der Waals surface area contributed by atoms with E-state index >= 15 is 0 Å². The largest absolute Gasteiger partial charge is 0.387 e. The van der Waals surface area contributed by atoms with Crippen LogP contribution in [0, 0.1) is 12.8 Å². The molecule has 3 heterocycles. The standard InChI is InChI=1S/C21H26N6/c1-14-4-5-17(8-20(14)24-15(2)19-6-7-21(22)25-19)18-9-23-27(13-18)12-16-10-26(3)11-16/h4-6,8-9,13,16,24H,2,7,10-12H2,1,3H3,(H2,22,25). The number of anilines is 1. The van der Waals surface area contributed by atoms with E-state index in [1.807, 2.05) is 12.3 Å². The molecule has 0 spiro atoms. The normalized spacial score (nSPS) is 17.4. The van der Waals surface area contributed by atoms with Crippen LogP contribution in [-0.4, -0.2) is 40.7 Å². The van der Waals surface area contributed by atoms with Crippen LogP contribution in [0.3, 0.4) is 0 Å². The zero-order chi connectivity index (χ0) is 19.0. The zero-order valence-corrected chi connectivity index (χ0v) is 15.9. The Kier molecular flexibility index (Phi) is 4.58. The Morgan fingerprint density at radius 3 is 2.85 bits per heavy atom. The summed E-state index contributed by atoms with van der Waals surface area (Å²) in [6.07, 6.45) is 6.75. The number of aromatic nitrogens is 2. The molecule has 0 unspecified atom stereocenters. The molecule has 2 aromatic rings. The van der Waals surface area contributed by atoms with E-state index in [-0.39, 0.29) is 0 Å². The van der Waals surface area contributed by atoms with E-state index in [2.05, 4.69) is 69.9 Å². The van der Waals surface area contributed by atoms with Crippen molar-refractivity contribution in [1.29, 1.82) is 0 Å². The van der Waals surface area contributed by atoms with E-state index in [9.17, 15) is 0 Å². The number of hydrogen-bond acceptors (Lipinski definition) is 5. The minimum atomic E-state index is 0.628. The lowest BCUT2D eigenvalue weighted by Crippen LogP contribution is -2.45. The molecule has 1 fully saturated rings. The third-order valence-electron chi connectivity index (χ3n) is 5.15. The average Bonchev–Trinajstić information content (AvgIpc) is 3.25. The predicted octanol–water partition coefficient (Wildman–Crippen LogP) is 2.99. The fourth-order valence-electron chi connectivity index (χ4n) is 3.62. The molecule has 2 aliphatic heterocycles. The van der Waals surface area contributed by atoms with Crippen molar-refractivity contribution in [2.75, 3.05) is 25.5 Å². The summed E-state index contributed by atoms with van der Waals surface area (Å²) < 4.78 is 2.06. The zero-order valence-electron chi connectivity index (χ0n) is 15.9. The minimum Gasteiger partial charge on any atom is -0.387 e. The van der Waals surface area contributed by atoms with Gasteiger partial charge < -0.3 is 16.0 Å². The van der Waals surface area contributed by atoms with Gasteiger partial charge in [0.1, 0.15) is 5.84 Å². The van der Waals surface area contributed by atoms with Crippen molar-refractivity contribution >= 4 is 11.5 Å². The molecule has 1 aromatic heterocycles. The van der Waals surface area contributed by atoms with Gasteiger partial charge in [0.05, 0.1) is 17.6 Å². The molecule has 0 amide bonds. The number of nitrogens with zero attached hydrogens (tertiary/aromatic N) is 4. The third kappa shape index (κ3) is 3.80. The highest BCUT2D eigenvalue weighted by Crippen LogP contribution is 2.28. The fourth-order valence-corrected chi connectivity index (χ4v) is 3.62. The van der Waals surface area contributed by atoms with E-state index < -0.39 is 0 Å². The van der Waals surface area contributed by atoms with Crippen molar-refractivity contribution in [3.05, 3.63) is 60.2 Å². The summed E-state index contributed by atoms with van der Waals surface area (Å²) in [4.78, 5) is 6.65. The number of rotatable bonds is 6. The summed E-state index contributed by atoms with van der Waals surface area (Å²) in [7, 11) is 2.15. The number of amidine groups is 1. The molecule has 0 radical (unpaired) electrons. The molecule has 0 atom stereocenters. The highest BCUT2D eigenvalue weighted by atomic mass is 15.3. The lowest BCUT2D eigenvalue weighted by molar-refractivity contribution is 0.116. The molecule has 6 nitrogen and oxygen atoms in total. The SMILES string of the molecule is C=C(Nc1cc(-c2cnn(CC3CN(C)C3)c2)ccc1C)C1=CCC(N)=N1. The monoisotopic (exact) mass is 362 g/mol. The molecule has 0 bridgehead atoms. The average molecular weight is 362 g/mol. The van der Waals surface area contributed by atoms with Crippen molar-refractivity contribution in [1.82, 2.24) is 14.7 Å². The van der Waals surface area contributed by atoms with E-state index in [0.717, 1.165) is 53.4 Å². The lowest BCUT2D eigenvalue weighted by Gasteiger charge is -2.35. The van der Waals surface area contributed by atoms with Crippen molar-refractivity contribution < 1.29 is 0 Å².